The van der Waals surface area contributed by atoms with Gasteiger partial charge in [-0.3, -0.25) is 4.79 Å². The average molecular weight is 255 g/mol. The van der Waals surface area contributed by atoms with Gasteiger partial charge in [0.05, 0.1) is 13.2 Å². The second-order valence-corrected chi connectivity index (χ2v) is 3.82. The van der Waals surface area contributed by atoms with E-state index in [2.05, 4.69) is 5.32 Å². The minimum Gasteiger partial charge on any atom is -0.465 e. The van der Waals surface area contributed by atoms with Gasteiger partial charge in [-0.2, -0.15) is 13.2 Å². The summed E-state index contributed by atoms with van der Waals surface area (Å²) in [6.45, 7) is 2.87. The molecule has 0 atom stereocenters. The van der Waals surface area contributed by atoms with Crippen LogP contribution in [0.1, 0.15) is 39.0 Å². The predicted molar refractivity (Wildman–Crippen MR) is 58.6 cm³/mol. The Hall–Kier alpha value is -0.780. The van der Waals surface area contributed by atoms with E-state index < -0.39 is 12.6 Å². The Morgan fingerprint density at radius 3 is 2.53 bits per heavy atom. The second kappa shape index (κ2) is 9.27. The number of carbonyl (C=O) groups is 1. The fourth-order valence-corrected chi connectivity index (χ4v) is 1.15. The molecular weight excluding hydrogens is 235 g/mol. The number of ether oxygens (including phenoxy) is 1. The number of hydrogen-bond donors (Lipinski definition) is 1. The summed E-state index contributed by atoms with van der Waals surface area (Å²) < 4.78 is 40.2. The SMILES string of the molecule is CCCCOC(=O)CNCCCCC(F)(F)F. The van der Waals surface area contributed by atoms with Crippen LogP contribution in [-0.4, -0.2) is 31.8 Å². The molecule has 1 N–H and O–H groups in total. The summed E-state index contributed by atoms with van der Waals surface area (Å²) in [7, 11) is 0. The molecule has 0 unspecified atom stereocenters. The lowest BCUT2D eigenvalue weighted by atomic mass is 10.2. The first kappa shape index (κ1) is 16.2. The van der Waals surface area contributed by atoms with Crippen LogP contribution in [0.5, 0.6) is 0 Å². The minimum absolute atomic E-state index is 0.0652. The van der Waals surface area contributed by atoms with Gasteiger partial charge in [-0.05, 0) is 25.8 Å². The third kappa shape index (κ3) is 13.2. The van der Waals surface area contributed by atoms with Crippen molar-refractivity contribution >= 4 is 5.97 Å². The van der Waals surface area contributed by atoms with Crippen LogP contribution in [0.4, 0.5) is 13.2 Å². The number of nitrogens with one attached hydrogen (secondary N) is 1. The largest absolute Gasteiger partial charge is 0.465 e. The molecule has 0 aliphatic heterocycles. The maximum Gasteiger partial charge on any atom is 0.389 e. The molecule has 3 nitrogen and oxygen atoms in total. The van der Waals surface area contributed by atoms with Crippen LogP contribution >= 0.6 is 0 Å². The Labute approximate surface area is 99.7 Å². The smallest absolute Gasteiger partial charge is 0.389 e. The summed E-state index contributed by atoms with van der Waals surface area (Å²) in [5.41, 5.74) is 0. The molecule has 0 aliphatic rings. The molecular formula is C11H20F3NO2. The van der Waals surface area contributed by atoms with Gasteiger partial charge in [0.2, 0.25) is 0 Å². The third-order valence-corrected chi connectivity index (χ3v) is 2.09. The quantitative estimate of drug-likeness (QED) is 0.508. The molecule has 0 fully saturated rings. The van der Waals surface area contributed by atoms with Gasteiger partial charge in [0.1, 0.15) is 0 Å². The van der Waals surface area contributed by atoms with Crippen molar-refractivity contribution < 1.29 is 22.7 Å². The fraction of sp³-hybridized carbons (Fsp3) is 0.909. The summed E-state index contributed by atoms with van der Waals surface area (Å²) in [5, 5.41) is 2.76. The fourth-order valence-electron chi connectivity index (χ4n) is 1.15. The molecule has 0 amide bonds. The van der Waals surface area contributed by atoms with Crippen LogP contribution < -0.4 is 5.32 Å². The molecule has 0 saturated carbocycles. The van der Waals surface area contributed by atoms with Gasteiger partial charge >= 0.3 is 12.1 Å². The highest BCUT2D eigenvalue weighted by molar-refractivity contribution is 5.71. The molecule has 0 rings (SSSR count). The summed E-state index contributed by atoms with van der Waals surface area (Å²) in [4.78, 5) is 11.0. The average Bonchev–Trinajstić information content (AvgIpc) is 2.22. The zero-order valence-electron chi connectivity index (χ0n) is 10.1. The van der Waals surface area contributed by atoms with Gasteiger partial charge in [-0.1, -0.05) is 13.3 Å². The van der Waals surface area contributed by atoms with E-state index in [9.17, 15) is 18.0 Å². The molecule has 0 aromatic rings. The van der Waals surface area contributed by atoms with E-state index in [1.807, 2.05) is 6.92 Å². The summed E-state index contributed by atoms with van der Waals surface area (Å²) in [6, 6.07) is 0. The van der Waals surface area contributed by atoms with Crippen LogP contribution in [0.25, 0.3) is 0 Å². The highest BCUT2D eigenvalue weighted by Gasteiger charge is 2.25. The third-order valence-electron chi connectivity index (χ3n) is 2.09. The van der Waals surface area contributed by atoms with Gasteiger partial charge in [0.15, 0.2) is 0 Å². The van der Waals surface area contributed by atoms with Gasteiger partial charge in [-0.15, -0.1) is 0 Å². The monoisotopic (exact) mass is 255 g/mol. The van der Waals surface area contributed by atoms with Crippen molar-refractivity contribution in [3.8, 4) is 0 Å². The van der Waals surface area contributed by atoms with Crippen LogP contribution in [0.2, 0.25) is 0 Å². The number of halogens is 3. The first-order chi connectivity index (χ1) is 7.95. The molecule has 0 radical (unpaired) electrons. The number of carbonyl (C=O) groups excluding carboxylic acids is 1. The first-order valence-corrected chi connectivity index (χ1v) is 5.89. The highest BCUT2D eigenvalue weighted by atomic mass is 19.4. The first-order valence-electron chi connectivity index (χ1n) is 5.89. The van der Waals surface area contributed by atoms with Crippen LogP contribution in [0.3, 0.4) is 0 Å². The van der Waals surface area contributed by atoms with E-state index in [1.54, 1.807) is 0 Å². The zero-order valence-corrected chi connectivity index (χ0v) is 10.1. The Morgan fingerprint density at radius 1 is 1.24 bits per heavy atom. The predicted octanol–water partition coefficient (Wildman–Crippen LogP) is 2.65. The van der Waals surface area contributed by atoms with Crippen LogP contribution in [0.15, 0.2) is 0 Å². The molecule has 0 spiro atoms. The molecule has 102 valence electrons. The molecule has 0 aliphatic carbocycles. The van der Waals surface area contributed by atoms with Crippen molar-refractivity contribution in [3.63, 3.8) is 0 Å². The standard InChI is InChI=1S/C11H20F3NO2/c1-2-3-8-17-10(16)9-15-7-5-4-6-11(12,13)14/h15H,2-9H2,1H3. The maximum atomic E-state index is 11.8. The Balaban J connectivity index is 3.25. The molecule has 0 aromatic heterocycles. The number of esters is 1. The van der Waals surface area contributed by atoms with Crippen molar-refractivity contribution in [2.24, 2.45) is 0 Å². The Kier molecular flexibility index (Phi) is 8.85. The van der Waals surface area contributed by atoms with Crippen molar-refractivity contribution in [2.75, 3.05) is 19.7 Å². The molecule has 6 heteroatoms. The van der Waals surface area contributed by atoms with E-state index in [4.69, 9.17) is 4.74 Å². The van der Waals surface area contributed by atoms with E-state index in [1.165, 1.54) is 0 Å². The normalized spacial score (nSPS) is 11.5. The van der Waals surface area contributed by atoms with Gasteiger partial charge < -0.3 is 10.1 Å². The Morgan fingerprint density at radius 2 is 1.94 bits per heavy atom. The van der Waals surface area contributed by atoms with Gasteiger partial charge in [-0.25, -0.2) is 0 Å². The van der Waals surface area contributed by atoms with Crippen molar-refractivity contribution in [2.45, 2.75) is 45.2 Å². The second-order valence-electron chi connectivity index (χ2n) is 3.82. The summed E-state index contributed by atoms with van der Waals surface area (Å²) in [5.74, 6) is -0.353. The lowest BCUT2D eigenvalue weighted by molar-refractivity contribution is -0.143. The van der Waals surface area contributed by atoms with E-state index in [-0.39, 0.29) is 18.9 Å². The topological polar surface area (TPSA) is 38.3 Å². The van der Waals surface area contributed by atoms with Crippen molar-refractivity contribution in [1.82, 2.24) is 5.32 Å². The molecule has 0 saturated heterocycles. The van der Waals surface area contributed by atoms with E-state index >= 15 is 0 Å². The molecule has 17 heavy (non-hydrogen) atoms. The van der Waals surface area contributed by atoms with Crippen LogP contribution in [0, 0.1) is 0 Å². The lowest BCUT2D eigenvalue weighted by Gasteiger charge is -2.07. The van der Waals surface area contributed by atoms with E-state index in [0.29, 0.717) is 19.6 Å². The van der Waals surface area contributed by atoms with Gasteiger partial charge in [0.25, 0.3) is 0 Å². The summed E-state index contributed by atoms with van der Waals surface area (Å²) in [6.07, 6.45) is -2.58. The van der Waals surface area contributed by atoms with Crippen LogP contribution in [-0.2, 0) is 9.53 Å². The minimum atomic E-state index is -4.08. The van der Waals surface area contributed by atoms with Crippen molar-refractivity contribution in [3.05, 3.63) is 0 Å². The lowest BCUT2D eigenvalue weighted by Crippen LogP contribution is -2.26. The molecule has 0 bridgehead atoms. The summed E-state index contributed by atoms with van der Waals surface area (Å²) >= 11 is 0. The Bertz CT molecular complexity index is 207. The van der Waals surface area contributed by atoms with E-state index in [0.717, 1.165) is 12.8 Å². The number of hydrogen-bond acceptors (Lipinski definition) is 3. The highest BCUT2D eigenvalue weighted by Crippen LogP contribution is 2.21. The molecule has 0 aromatic carbocycles. The maximum absolute atomic E-state index is 11.8. The molecule has 0 heterocycles. The zero-order chi connectivity index (χ0) is 13.1. The van der Waals surface area contributed by atoms with Gasteiger partial charge in [0, 0.05) is 6.42 Å². The number of rotatable bonds is 9. The number of unbranched alkanes of at least 4 members (excludes halogenated alkanes) is 2. The number of alkyl halides is 3. The van der Waals surface area contributed by atoms with Crippen molar-refractivity contribution in [1.29, 1.82) is 0 Å².